The van der Waals surface area contributed by atoms with Crippen molar-refractivity contribution in [3.8, 4) is 11.6 Å². The molecule has 214 valence electrons. The van der Waals surface area contributed by atoms with E-state index in [0.717, 1.165) is 36.1 Å². The lowest BCUT2D eigenvalue weighted by Crippen LogP contribution is -2.32. The molecular weight excluding hydrogens is 531 g/mol. The summed E-state index contributed by atoms with van der Waals surface area (Å²) in [4.78, 5) is 10.7. The number of fused-ring (bicyclic) bond motifs is 1. The maximum atomic E-state index is 13.7. The Labute approximate surface area is 236 Å². The van der Waals surface area contributed by atoms with Crippen molar-refractivity contribution in [1.82, 2.24) is 24.6 Å². The highest BCUT2D eigenvalue weighted by atomic mass is 19.4. The molecule has 0 spiro atoms. The summed E-state index contributed by atoms with van der Waals surface area (Å²) in [6, 6.07) is 17.3. The molecule has 0 amide bonds. The minimum atomic E-state index is -4.71. The van der Waals surface area contributed by atoms with Gasteiger partial charge in [0.1, 0.15) is 5.75 Å². The van der Waals surface area contributed by atoms with Gasteiger partial charge in [0.25, 0.3) is 5.82 Å². The highest BCUT2D eigenvalue weighted by Crippen LogP contribution is 2.32. The number of methoxy groups -OCH3 is 1. The number of rotatable bonds is 7. The first kappa shape index (κ1) is 27.1. The molecule has 0 saturated carbocycles. The number of nitrogens with one attached hydrogen (secondary N) is 2. The van der Waals surface area contributed by atoms with Crippen molar-refractivity contribution in [3.63, 3.8) is 0 Å². The zero-order valence-corrected chi connectivity index (χ0v) is 22.8. The third-order valence-corrected chi connectivity index (χ3v) is 7.82. The number of anilines is 4. The van der Waals surface area contributed by atoms with Crippen molar-refractivity contribution in [2.45, 2.75) is 50.7 Å². The maximum absolute atomic E-state index is 13.7. The van der Waals surface area contributed by atoms with Crippen LogP contribution in [0.4, 0.5) is 36.2 Å². The summed E-state index contributed by atoms with van der Waals surface area (Å²) in [5, 5.41) is 10.1. The predicted molar refractivity (Wildman–Crippen MR) is 151 cm³/mol. The molecule has 4 aromatic rings. The molecule has 1 saturated heterocycles. The molecule has 8 nitrogen and oxygen atoms in total. The molecule has 2 aromatic carbocycles. The van der Waals surface area contributed by atoms with E-state index in [9.17, 15) is 13.2 Å². The van der Waals surface area contributed by atoms with Gasteiger partial charge in [0.05, 0.1) is 7.11 Å². The van der Waals surface area contributed by atoms with Gasteiger partial charge in [-0.1, -0.05) is 6.07 Å². The molecular formula is C30H32F3N7O. The van der Waals surface area contributed by atoms with Gasteiger partial charge in [0.15, 0.2) is 5.82 Å². The van der Waals surface area contributed by atoms with Crippen LogP contribution in [0.15, 0.2) is 60.8 Å². The number of nitrogens with zero attached hydrogens (tertiary/aromatic N) is 5. The van der Waals surface area contributed by atoms with Crippen LogP contribution in [0.2, 0.25) is 0 Å². The smallest absolute Gasteiger partial charge is 0.453 e. The van der Waals surface area contributed by atoms with Crippen molar-refractivity contribution in [1.29, 1.82) is 0 Å². The van der Waals surface area contributed by atoms with E-state index in [0.29, 0.717) is 23.2 Å². The predicted octanol–water partition coefficient (Wildman–Crippen LogP) is 6.52. The Kier molecular flexibility index (Phi) is 7.53. The molecule has 0 radical (unpaired) electrons. The molecule has 1 fully saturated rings. The van der Waals surface area contributed by atoms with Crippen LogP contribution >= 0.6 is 0 Å². The van der Waals surface area contributed by atoms with Gasteiger partial charge in [-0.15, -0.1) is 5.10 Å². The second-order valence-corrected chi connectivity index (χ2v) is 10.5. The van der Waals surface area contributed by atoms with E-state index >= 15 is 0 Å². The average Bonchev–Trinajstić information content (AvgIpc) is 3.61. The van der Waals surface area contributed by atoms with E-state index in [1.54, 1.807) is 19.2 Å². The van der Waals surface area contributed by atoms with E-state index in [1.165, 1.54) is 43.3 Å². The number of alkyl halides is 3. The fourth-order valence-electron chi connectivity index (χ4n) is 5.70. The Morgan fingerprint density at radius 2 is 1.56 bits per heavy atom. The molecule has 3 heterocycles. The molecule has 1 aliphatic carbocycles. The van der Waals surface area contributed by atoms with E-state index < -0.39 is 12.0 Å². The van der Waals surface area contributed by atoms with Crippen molar-refractivity contribution >= 4 is 23.0 Å². The summed E-state index contributed by atoms with van der Waals surface area (Å²) < 4.78 is 47.3. The number of pyridine rings is 1. The molecule has 2 N–H and O–H groups in total. The third-order valence-electron chi connectivity index (χ3n) is 7.82. The number of halogens is 3. The van der Waals surface area contributed by atoms with Crippen LogP contribution < -0.4 is 15.4 Å². The summed E-state index contributed by atoms with van der Waals surface area (Å²) in [5.41, 5.74) is 4.61. The van der Waals surface area contributed by atoms with Crippen LogP contribution in [0, 0.1) is 0 Å². The standard InChI is InChI=1S/C30H32F3N7O/c1-41-26-12-8-22(9-13-26)35-24-14-15-34-27(19-24)40-29(37-28(38-40)30(31,32)33)36-23-7-4-20-5-10-25(11-6-21(20)18-23)39-16-2-3-17-39/h4,7-9,12-15,18-19,25H,2-3,5-6,10-11,16-17H2,1H3,(H,34,35)(H,36,37,38). The van der Waals surface area contributed by atoms with Crippen molar-refractivity contribution in [2.75, 3.05) is 30.8 Å². The number of aryl methyl sites for hydroxylation is 2. The monoisotopic (exact) mass is 563 g/mol. The van der Waals surface area contributed by atoms with Crippen molar-refractivity contribution in [2.24, 2.45) is 0 Å². The summed E-state index contributed by atoms with van der Waals surface area (Å²) in [6.45, 7) is 2.35. The maximum Gasteiger partial charge on any atom is 0.453 e. The molecule has 2 aliphatic rings. The van der Waals surface area contributed by atoms with Gasteiger partial charge in [0.2, 0.25) is 5.95 Å². The second-order valence-electron chi connectivity index (χ2n) is 10.5. The molecule has 1 atom stereocenters. The van der Waals surface area contributed by atoms with Gasteiger partial charge in [-0.2, -0.15) is 22.8 Å². The van der Waals surface area contributed by atoms with Gasteiger partial charge < -0.3 is 20.3 Å². The van der Waals surface area contributed by atoms with Crippen LogP contribution in [-0.2, 0) is 19.0 Å². The Hall–Kier alpha value is -4.12. The molecule has 2 aromatic heterocycles. The summed E-state index contributed by atoms with van der Waals surface area (Å²) in [7, 11) is 1.59. The summed E-state index contributed by atoms with van der Waals surface area (Å²) in [5.74, 6) is -0.390. The lowest BCUT2D eigenvalue weighted by Gasteiger charge is -2.25. The minimum Gasteiger partial charge on any atom is -0.497 e. The molecule has 1 aliphatic heterocycles. The Balaban J connectivity index is 1.25. The number of hydrogen-bond acceptors (Lipinski definition) is 7. The first-order valence-corrected chi connectivity index (χ1v) is 13.9. The van der Waals surface area contributed by atoms with Crippen LogP contribution in [0.5, 0.6) is 5.75 Å². The quantitative estimate of drug-likeness (QED) is 0.248. The van der Waals surface area contributed by atoms with Crippen LogP contribution in [-0.4, -0.2) is 50.9 Å². The zero-order chi connectivity index (χ0) is 28.4. The van der Waals surface area contributed by atoms with E-state index in [2.05, 4.69) is 36.7 Å². The lowest BCUT2D eigenvalue weighted by atomic mass is 10.0. The van der Waals surface area contributed by atoms with E-state index in [4.69, 9.17) is 4.74 Å². The van der Waals surface area contributed by atoms with Crippen LogP contribution in [0.25, 0.3) is 5.82 Å². The Bertz CT molecular complexity index is 1500. The van der Waals surface area contributed by atoms with E-state index in [1.807, 2.05) is 36.4 Å². The number of aromatic nitrogens is 4. The lowest BCUT2D eigenvalue weighted by molar-refractivity contribution is -0.144. The van der Waals surface area contributed by atoms with Gasteiger partial charge in [-0.05, 0) is 105 Å². The molecule has 41 heavy (non-hydrogen) atoms. The number of hydrogen-bond donors (Lipinski definition) is 2. The first-order chi connectivity index (χ1) is 19.9. The van der Waals surface area contributed by atoms with Gasteiger partial charge >= 0.3 is 6.18 Å². The van der Waals surface area contributed by atoms with Gasteiger partial charge in [-0.25, -0.2) is 4.98 Å². The number of ether oxygens (including phenoxy) is 1. The topological polar surface area (TPSA) is 80.1 Å². The molecule has 6 rings (SSSR count). The van der Waals surface area contributed by atoms with Crippen molar-refractivity contribution in [3.05, 3.63) is 77.7 Å². The third kappa shape index (κ3) is 6.14. The Morgan fingerprint density at radius 3 is 2.29 bits per heavy atom. The summed E-state index contributed by atoms with van der Waals surface area (Å²) in [6.07, 6.45) is 3.51. The van der Waals surface area contributed by atoms with E-state index in [-0.39, 0.29) is 11.8 Å². The normalized spacial score (nSPS) is 17.6. The highest BCUT2D eigenvalue weighted by Gasteiger charge is 2.37. The number of benzene rings is 2. The minimum absolute atomic E-state index is 0.0602. The fraction of sp³-hybridized carbons (Fsp3) is 0.367. The van der Waals surface area contributed by atoms with Gasteiger partial charge in [0, 0.05) is 35.4 Å². The zero-order valence-electron chi connectivity index (χ0n) is 22.8. The SMILES string of the molecule is COc1ccc(Nc2ccnc(-n3nc(C(F)(F)F)nc3Nc3ccc4c(c3)CCC(N3CCCC3)CC4)c2)cc1. The molecule has 0 bridgehead atoms. The largest absolute Gasteiger partial charge is 0.497 e. The van der Waals surface area contributed by atoms with Crippen LogP contribution in [0.1, 0.15) is 42.6 Å². The summed E-state index contributed by atoms with van der Waals surface area (Å²) >= 11 is 0. The fourth-order valence-corrected chi connectivity index (χ4v) is 5.70. The first-order valence-electron chi connectivity index (χ1n) is 13.9. The second kappa shape index (κ2) is 11.4. The van der Waals surface area contributed by atoms with Crippen molar-refractivity contribution < 1.29 is 17.9 Å². The average molecular weight is 564 g/mol. The van der Waals surface area contributed by atoms with Gasteiger partial charge in [-0.3, -0.25) is 0 Å². The number of likely N-dealkylation sites (tertiary alicyclic amines) is 1. The molecule has 11 heteroatoms. The Morgan fingerprint density at radius 1 is 0.854 bits per heavy atom. The van der Waals surface area contributed by atoms with Crippen LogP contribution in [0.3, 0.4) is 0 Å². The highest BCUT2D eigenvalue weighted by molar-refractivity contribution is 5.63. The molecule has 1 unspecified atom stereocenters.